The van der Waals surface area contributed by atoms with Gasteiger partial charge in [0.1, 0.15) is 0 Å². The maximum atomic E-state index is 11.0. The van der Waals surface area contributed by atoms with Gasteiger partial charge in [0.25, 0.3) is 5.91 Å². The second-order valence-corrected chi connectivity index (χ2v) is 2.58. The van der Waals surface area contributed by atoms with Crippen molar-refractivity contribution < 1.29 is 10.0 Å². The molecule has 0 spiro atoms. The molecule has 0 aliphatic rings. The van der Waals surface area contributed by atoms with E-state index in [1.807, 2.05) is 0 Å². The van der Waals surface area contributed by atoms with Crippen LogP contribution in [0.3, 0.4) is 0 Å². The molecule has 0 saturated heterocycles. The van der Waals surface area contributed by atoms with E-state index >= 15 is 0 Å². The summed E-state index contributed by atoms with van der Waals surface area (Å²) < 4.78 is 0. The molecule has 0 aliphatic heterocycles. The van der Waals surface area contributed by atoms with Gasteiger partial charge in [0, 0.05) is 12.4 Å². The molecule has 0 saturated carbocycles. The molecule has 0 unspecified atom stereocenters. The predicted octanol–water partition coefficient (Wildman–Crippen LogP) is 0.682. The van der Waals surface area contributed by atoms with E-state index < -0.39 is 5.91 Å². The zero-order chi connectivity index (χ0) is 9.26. The van der Waals surface area contributed by atoms with Crippen LogP contribution in [-0.2, 0) is 0 Å². The van der Waals surface area contributed by atoms with E-state index in [0.29, 0.717) is 5.56 Å². The summed E-state index contributed by atoms with van der Waals surface area (Å²) in [5, 5.41) is 8.37. The van der Waals surface area contributed by atoms with Gasteiger partial charge in [-0.05, 0) is 12.1 Å². The highest BCUT2D eigenvalue weighted by atomic mass is 16.5. The molecule has 2 rings (SSSR count). The Labute approximate surface area is 73.4 Å². The fourth-order valence-electron chi connectivity index (χ4n) is 1.12. The molecule has 66 valence electrons. The quantitative estimate of drug-likeness (QED) is 0.442. The number of carbonyl (C=O) groups excluding carboxylic acids is 1. The number of carbonyl (C=O) groups is 1. The monoisotopic (exact) mass is 177 g/mol. The Morgan fingerprint density at radius 2 is 2.46 bits per heavy atom. The number of hydrogen-bond donors (Lipinski definition) is 3. The summed E-state index contributed by atoms with van der Waals surface area (Å²) >= 11 is 0. The second-order valence-electron chi connectivity index (χ2n) is 2.58. The number of hydrogen-bond acceptors (Lipinski definition) is 3. The van der Waals surface area contributed by atoms with Gasteiger partial charge in [-0.3, -0.25) is 15.0 Å². The van der Waals surface area contributed by atoms with Crippen molar-refractivity contribution in [3.63, 3.8) is 0 Å². The molecule has 0 aromatic carbocycles. The fraction of sp³-hybridized carbons (Fsp3) is 0. The Balaban J connectivity index is 2.54. The first-order chi connectivity index (χ1) is 6.31. The SMILES string of the molecule is O=C(NO)c1cnc2cc[nH]c2c1. The zero-order valence-corrected chi connectivity index (χ0v) is 6.61. The molecular weight excluding hydrogens is 170 g/mol. The number of rotatable bonds is 1. The van der Waals surface area contributed by atoms with Crippen LogP contribution in [0.15, 0.2) is 24.5 Å². The molecule has 13 heavy (non-hydrogen) atoms. The first-order valence-electron chi connectivity index (χ1n) is 3.69. The van der Waals surface area contributed by atoms with E-state index in [2.05, 4.69) is 9.97 Å². The van der Waals surface area contributed by atoms with E-state index in [1.165, 1.54) is 6.20 Å². The normalized spacial score (nSPS) is 10.2. The number of nitrogens with one attached hydrogen (secondary N) is 2. The average Bonchev–Trinajstić information content (AvgIpc) is 2.63. The summed E-state index contributed by atoms with van der Waals surface area (Å²) in [6.07, 6.45) is 3.14. The number of aromatic nitrogens is 2. The first kappa shape index (κ1) is 7.75. The van der Waals surface area contributed by atoms with Gasteiger partial charge in [0.2, 0.25) is 0 Å². The van der Waals surface area contributed by atoms with Crippen LogP contribution in [0.1, 0.15) is 10.4 Å². The van der Waals surface area contributed by atoms with Crippen LogP contribution < -0.4 is 5.48 Å². The van der Waals surface area contributed by atoms with E-state index in [4.69, 9.17) is 5.21 Å². The minimum atomic E-state index is -0.566. The van der Waals surface area contributed by atoms with Gasteiger partial charge in [-0.25, -0.2) is 5.48 Å². The zero-order valence-electron chi connectivity index (χ0n) is 6.61. The largest absolute Gasteiger partial charge is 0.360 e. The molecule has 0 aliphatic carbocycles. The summed E-state index contributed by atoms with van der Waals surface area (Å²) in [5.74, 6) is -0.566. The topological polar surface area (TPSA) is 78.0 Å². The number of H-pyrrole nitrogens is 1. The average molecular weight is 177 g/mol. The second kappa shape index (κ2) is 2.87. The van der Waals surface area contributed by atoms with E-state index in [-0.39, 0.29) is 0 Å². The fourth-order valence-corrected chi connectivity index (χ4v) is 1.12. The smallest absolute Gasteiger partial charge is 0.276 e. The third-order valence-electron chi connectivity index (χ3n) is 1.76. The van der Waals surface area contributed by atoms with Gasteiger partial charge in [-0.1, -0.05) is 0 Å². The van der Waals surface area contributed by atoms with E-state index in [1.54, 1.807) is 23.8 Å². The van der Waals surface area contributed by atoms with Gasteiger partial charge in [-0.15, -0.1) is 0 Å². The van der Waals surface area contributed by atoms with Crippen LogP contribution in [0.2, 0.25) is 0 Å². The number of hydroxylamine groups is 1. The molecule has 0 radical (unpaired) electrons. The molecule has 0 fully saturated rings. The Morgan fingerprint density at radius 1 is 1.62 bits per heavy atom. The highest BCUT2D eigenvalue weighted by Gasteiger charge is 2.05. The lowest BCUT2D eigenvalue weighted by Crippen LogP contribution is -2.18. The lowest BCUT2D eigenvalue weighted by atomic mass is 10.2. The molecule has 1 amide bonds. The molecule has 0 bridgehead atoms. The van der Waals surface area contributed by atoms with Crippen LogP contribution in [-0.4, -0.2) is 21.1 Å². The van der Waals surface area contributed by atoms with Crippen LogP contribution >= 0.6 is 0 Å². The lowest BCUT2D eigenvalue weighted by molar-refractivity contribution is 0.0706. The maximum absolute atomic E-state index is 11.0. The molecule has 5 heteroatoms. The summed E-state index contributed by atoms with van der Waals surface area (Å²) in [6.45, 7) is 0. The number of fused-ring (bicyclic) bond motifs is 1. The molecule has 0 atom stereocenters. The van der Waals surface area contributed by atoms with Crippen molar-refractivity contribution >= 4 is 16.9 Å². The Morgan fingerprint density at radius 3 is 3.23 bits per heavy atom. The van der Waals surface area contributed by atoms with Crippen LogP contribution in [0.25, 0.3) is 11.0 Å². The standard InChI is InChI=1S/C8H7N3O2/c12-8(11-13)5-3-7-6(10-4-5)1-2-9-7/h1-4,9,13H,(H,11,12). The molecule has 2 heterocycles. The van der Waals surface area contributed by atoms with Gasteiger partial charge in [0.05, 0.1) is 16.6 Å². The summed E-state index contributed by atoms with van der Waals surface area (Å²) in [7, 11) is 0. The van der Waals surface area contributed by atoms with Crippen molar-refractivity contribution in [3.8, 4) is 0 Å². The molecular formula is C8H7N3O2. The minimum absolute atomic E-state index is 0.317. The van der Waals surface area contributed by atoms with Crippen molar-refractivity contribution in [1.82, 2.24) is 15.4 Å². The highest BCUT2D eigenvalue weighted by Crippen LogP contribution is 2.10. The molecule has 2 aromatic rings. The van der Waals surface area contributed by atoms with Gasteiger partial charge in [-0.2, -0.15) is 0 Å². The minimum Gasteiger partial charge on any atom is -0.360 e. The Bertz CT molecular complexity index is 449. The van der Waals surface area contributed by atoms with Crippen molar-refractivity contribution in [3.05, 3.63) is 30.1 Å². The maximum Gasteiger partial charge on any atom is 0.276 e. The summed E-state index contributed by atoms with van der Waals surface area (Å²) in [5.41, 5.74) is 3.41. The number of nitrogens with zero attached hydrogens (tertiary/aromatic N) is 1. The Hall–Kier alpha value is -1.88. The summed E-state index contributed by atoms with van der Waals surface area (Å²) in [6, 6.07) is 3.42. The Kier molecular flexibility index (Phi) is 1.71. The van der Waals surface area contributed by atoms with Crippen molar-refractivity contribution in [2.75, 3.05) is 0 Å². The van der Waals surface area contributed by atoms with E-state index in [9.17, 15) is 4.79 Å². The lowest BCUT2D eigenvalue weighted by Gasteiger charge is -1.97. The van der Waals surface area contributed by atoms with Gasteiger partial charge in [0.15, 0.2) is 0 Å². The summed E-state index contributed by atoms with van der Waals surface area (Å²) in [4.78, 5) is 17.9. The third-order valence-corrected chi connectivity index (χ3v) is 1.76. The first-order valence-corrected chi connectivity index (χ1v) is 3.69. The van der Waals surface area contributed by atoms with Crippen LogP contribution in [0.5, 0.6) is 0 Å². The van der Waals surface area contributed by atoms with Gasteiger partial charge >= 0.3 is 0 Å². The molecule has 3 N–H and O–H groups in total. The number of amides is 1. The van der Waals surface area contributed by atoms with Crippen LogP contribution in [0.4, 0.5) is 0 Å². The van der Waals surface area contributed by atoms with Gasteiger partial charge < -0.3 is 4.98 Å². The molecule has 2 aromatic heterocycles. The molecule has 5 nitrogen and oxygen atoms in total. The third kappa shape index (κ3) is 1.25. The van der Waals surface area contributed by atoms with Crippen molar-refractivity contribution in [2.45, 2.75) is 0 Å². The van der Waals surface area contributed by atoms with E-state index in [0.717, 1.165) is 11.0 Å². The van der Waals surface area contributed by atoms with Crippen LogP contribution in [0, 0.1) is 0 Å². The van der Waals surface area contributed by atoms with Crippen molar-refractivity contribution in [2.24, 2.45) is 0 Å². The highest BCUT2D eigenvalue weighted by molar-refractivity contribution is 5.95. The van der Waals surface area contributed by atoms with Crippen molar-refractivity contribution in [1.29, 1.82) is 0 Å². The predicted molar refractivity (Wildman–Crippen MR) is 45.3 cm³/mol. The number of aromatic amines is 1. The number of pyridine rings is 1.